The highest BCUT2D eigenvalue weighted by Gasteiger charge is 2.76. The van der Waals surface area contributed by atoms with Crippen molar-refractivity contribution in [2.45, 2.75) is 11.5 Å². The van der Waals surface area contributed by atoms with E-state index in [4.69, 9.17) is 27.9 Å². The zero-order valence-corrected chi connectivity index (χ0v) is 18.7. The summed E-state index contributed by atoms with van der Waals surface area (Å²) < 4.78 is 38.5. The third-order valence-corrected chi connectivity index (χ3v) is 6.62. The quantitative estimate of drug-likeness (QED) is 0.395. The van der Waals surface area contributed by atoms with Crippen LogP contribution in [-0.2, 0) is 6.42 Å². The lowest BCUT2D eigenvalue weighted by Crippen LogP contribution is -2.65. The molecule has 3 aliphatic rings. The first kappa shape index (κ1) is 20.3. The third kappa shape index (κ3) is 3.30. The van der Waals surface area contributed by atoms with Crippen LogP contribution in [0.2, 0.25) is 5.11 Å². The Morgan fingerprint density at radius 3 is 1.00 bits per heavy atom. The number of fused-ring (bicyclic) bond motifs is 3. The van der Waals surface area contributed by atoms with E-state index in [1.165, 1.54) is 0 Å². The van der Waals surface area contributed by atoms with Crippen molar-refractivity contribution in [1.29, 1.82) is 0 Å². The number of hydrogen-bond acceptors (Lipinski definition) is 6. The molecule has 3 aliphatic heterocycles. The van der Waals surface area contributed by atoms with Crippen molar-refractivity contribution >= 4 is 21.4 Å². The summed E-state index contributed by atoms with van der Waals surface area (Å²) in [5.41, 5.74) is 1.04. The molecular weight excluding hydrogens is 441 g/mol. The van der Waals surface area contributed by atoms with E-state index in [0.717, 1.165) is 5.56 Å². The van der Waals surface area contributed by atoms with E-state index < -0.39 is 26.5 Å². The van der Waals surface area contributed by atoms with E-state index in [2.05, 4.69) is 12.1 Å². The number of benzene rings is 4. The molecule has 9 heteroatoms. The average Bonchev–Trinajstić information content (AvgIpc) is 3.64. The molecule has 168 valence electrons. The molecule has 0 amide bonds. The van der Waals surface area contributed by atoms with Crippen molar-refractivity contribution in [3.63, 3.8) is 0 Å². The molecule has 0 saturated carbocycles. The summed E-state index contributed by atoms with van der Waals surface area (Å²) in [4.78, 5) is 0. The molecular formula is C26H19B3O6. The molecule has 0 atom stereocenters. The maximum Gasteiger partial charge on any atom is 0.602 e. The minimum absolute atomic E-state index is 0.448. The Hall–Kier alpha value is -4.13. The number of rotatable bonds is 5. The van der Waals surface area contributed by atoms with Crippen LogP contribution in [0.4, 0.5) is 0 Å². The average molecular weight is 460 g/mol. The zero-order chi connectivity index (χ0) is 23.2. The fourth-order valence-electron chi connectivity index (χ4n) is 4.89. The van der Waals surface area contributed by atoms with Gasteiger partial charge in [-0.05, 0) is 48.4 Å². The van der Waals surface area contributed by atoms with Crippen molar-refractivity contribution in [2.24, 2.45) is 0 Å². The highest BCUT2D eigenvalue weighted by molar-refractivity contribution is 6.90. The van der Waals surface area contributed by atoms with Gasteiger partial charge < -0.3 is 27.9 Å². The molecule has 3 heterocycles. The molecule has 4 aromatic rings. The summed E-state index contributed by atoms with van der Waals surface area (Å²) in [5.74, 6) is 3.92. The van der Waals surface area contributed by atoms with Gasteiger partial charge in [0.25, 0.3) is 0 Å². The monoisotopic (exact) mass is 460 g/mol. The van der Waals surface area contributed by atoms with Crippen molar-refractivity contribution in [2.75, 3.05) is 0 Å². The number of para-hydroxylation sites is 6. The van der Waals surface area contributed by atoms with Crippen molar-refractivity contribution in [3.05, 3.63) is 109 Å². The molecule has 0 fully saturated rings. The van der Waals surface area contributed by atoms with E-state index in [9.17, 15) is 0 Å². The molecule has 0 aliphatic carbocycles. The summed E-state index contributed by atoms with van der Waals surface area (Å²) in [6, 6.07) is 32.9. The second-order valence-corrected chi connectivity index (χ2v) is 8.82. The molecule has 4 aromatic carbocycles. The van der Waals surface area contributed by atoms with Gasteiger partial charge in [0, 0.05) is 0 Å². The van der Waals surface area contributed by atoms with E-state index >= 15 is 0 Å². The molecule has 0 unspecified atom stereocenters. The Balaban J connectivity index is 1.36. The Labute approximate surface area is 204 Å². The highest BCUT2D eigenvalue weighted by Crippen LogP contribution is 2.52. The van der Waals surface area contributed by atoms with Gasteiger partial charge in [-0.15, -0.1) is 0 Å². The van der Waals surface area contributed by atoms with Gasteiger partial charge in [0.1, 0.15) is 34.5 Å². The van der Waals surface area contributed by atoms with Crippen molar-refractivity contribution in [3.8, 4) is 34.5 Å². The molecule has 0 saturated heterocycles. The fourth-order valence-corrected chi connectivity index (χ4v) is 4.89. The Morgan fingerprint density at radius 2 is 0.686 bits per heavy atom. The predicted molar refractivity (Wildman–Crippen MR) is 133 cm³/mol. The van der Waals surface area contributed by atoms with Crippen LogP contribution in [0.1, 0.15) is 5.56 Å². The zero-order valence-electron chi connectivity index (χ0n) is 18.7. The maximum absolute atomic E-state index is 6.42. The highest BCUT2D eigenvalue weighted by atomic mass is 16.7. The lowest BCUT2D eigenvalue weighted by atomic mass is 9.23. The van der Waals surface area contributed by atoms with Crippen LogP contribution in [0, 0.1) is 0 Å². The van der Waals surface area contributed by atoms with Crippen LogP contribution in [-0.4, -0.2) is 21.4 Å². The van der Waals surface area contributed by atoms with Gasteiger partial charge in [-0.1, -0.05) is 66.7 Å². The van der Waals surface area contributed by atoms with Crippen LogP contribution in [0.25, 0.3) is 0 Å². The van der Waals surface area contributed by atoms with Crippen LogP contribution in [0.5, 0.6) is 34.5 Å². The summed E-state index contributed by atoms with van der Waals surface area (Å²) in [7, 11) is -2.42. The standard InChI is InChI=1S/C26H19B3O6/c1-2-10-19(11-3-1)18-26(27-30-20-12-4-5-13-21(20)31-27,28-32-22-14-6-7-15-23(22)33-28)29-34-24-16-8-9-17-25(24)35-29/h1-17H,18H2. The summed E-state index contributed by atoms with van der Waals surface area (Å²) in [6.07, 6.45) is 0.448. The van der Waals surface area contributed by atoms with Crippen LogP contribution >= 0.6 is 0 Å². The van der Waals surface area contributed by atoms with Crippen LogP contribution in [0.3, 0.4) is 0 Å². The Kier molecular flexibility index (Phi) is 4.62. The molecule has 0 aromatic heterocycles. The van der Waals surface area contributed by atoms with Gasteiger partial charge in [0.15, 0.2) is 5.11 Å². The molecule has 0 spiro atoms. The van der Waals surface area contributed by atoms with E-state index in [0.29, 0.717) is 40.9 Å². The third-order valence-electron chi connectivity index (χ3n) is 6.62. The lowest BCUT2D eigenvalue weighted by molar-refractivity contribution is 0.387. The van der Waals surface area contributed by atoms with Crippen LogP contribution in [0.15, 0.2) is 103 Å². The summed E-state index contributed by atoms with van der Waals surface area (Å²) in [5, 5.41) is -1.06. The molecule has 0 radical (unpaired) electrons. The normalized spacial score (nSPS) is 15.0. The smallest absolute Gasteiger partial charge is 0.523 e. The van der Waals surface area contributed by atoms with Gasteiger partial charge in [-0.3, -0.25) is 0 Å². The molecule has 0 N–H and O–H groups in total. The molecule has 6 nitrogen and oxygen atoms in total. The molecule has 0 bridgehead atoms. The van der Waals surface area contributed by atoms with Crippen molar-refractivity contribution in [1.82, 2.24) is 0 Å². The minimum atomic E-state index is -1.06. The first-order valence-corrected chi connectivity index (χ1v) is 11.6. The van der Waals surface area contributed by atoms with Crippen LogP contribution < -0.4 is 27.9 Å². The number of hydrogen-bond donors (Lipinski definition) is 0. The Morgan fingerprint density at radius 1 is 0.400 bits per heavy atom. The van der Waals surface area contributed by atoms with Gasteiger partial charge in [0.05, 0.1) is 0 Å². The molecule has 7 rings (SSSR count). The topological polar surface area (TPSA) is 55.4 Å². The van der Waals surface area contributed by atoms with Gasteiger partial charge in [-0.2, -0.15) is 0 Å². The fraction of sp³-hybridized carbons (Fsp3) is 0.0769. The van der Waals surface area contributed by atoms with Gasteiger partial charge >= 0.3 is 21.4 Å². The summed E-state index contributed by atoms with van der Waals surface area (Å²) >= 11 is 0. The first-order chi connectivity index (χ1) is 17.3. The lowest BCUT2D eigenvalue weighted by Gasteiger charge is -2.33. The van der Waals surface area contributed by atoms with Gasteiger partial charge in [0.2, 0.25) is 0 Å². The Bertz CT molecular complexity index is 1170. The second-order valence-electron chi connectivity index (χ2n) is 8.82. The minimum Gasteiger partial charge on any atom is -0.523 e. The predicted octanol–water partition coefficient (Wildman–Crippen LogP) is 4.93. The first-order valence-electron chi connectivity index (χ1n) is 11.6. The maximum atomic E-state index is 6.42. The van der Waals surface area contributed by atoms with E-state index in [1.54, 1.807) is 0 Å². The van der Waals surface area contributed by atoms with Crippen molar-refractivity contribution < 1.29 is 27.9 Å². The largest absolute Gasteiger partial charge is 0.602 e. The van der Waals surface area contributed by atoms with Gasteiger partial charge in [-0.25, -0.2) is 0 Å². The molecule has 35 heavy (non-hydrogen) atoms. The van der Waals surface area contributed by atoms with E-state index in [-0.39, 0.29) is 0 Å². The summed E-state index contributed by atoms with van der Waals surface area (Å²) in [6.45, 7) is 0. The SMILES string of the molecule is c1ccc(CC(B2Oc3ccccc3O2)(B2Oc3ccccc3O2)B2Oc3ccccc3O2)cc1. The van der Waals surface area contributed by atoms with E-state index in [1.807, 2.05) is 91.0 Å². The second kappa shape index (κ2) is 7.98.